The standard InChI is InChI=1S/C14H29N3O2/c1-4-8-16-14(2,13(15)18)7-5-9-17(3)12-6-10-19-11-12/h12,16H,4-11H2,1-3H3,(H2,15,18). The Morgan fingerprint density at radius 2 is 2.32 bits per heavy atom. The molecule has 1 fully saturated rings. The zero-order valence-corrected chi connectivity index (χ0v) is 12.6. The fourth-order valence-electron chi connectivity index (χ4n) is 2.43. The number of ether oxygens (including phenoxy) is 1. The van der Waals surface area contributed by atoms with Gasteiger partial charge in [-0.1, -0.05) is 6.92 Å². The highest BCUT2D eigenvalue weighted by Gasteiger charge is 2.30. The largest absolute Gasteiger partial charge is 0.380 e. The summed E-state index contributed by atoms with van der Waals surface area (Å²) in [5.74, 6) is -0.257. The topological polar surface area (TPSA) is 67.6 Å². The molecule has 1 aliphatic heterocycles. The fraction of sp³-hybridized carbons (Fsp3) is 0.929. The second kappa shape index (κ2) is 7.82. The van der Waals surface area contributed by atoms with Gasteiger partial charge in [0.05, 0.1) is 12.1 Å². The first-order valence-electron chi connectivity index (χ1n) is 7.32. The zero-order chi connectivity index (χ0) is 14.3. The summed E-state index contributed by atoms with van der Waals surface area (Å²) in [5, 5.41) is 3.27. The maximum Gasteiger partial charge on any atom is 0.237 e. The van der Waals surface area contributed by atoms with Gasteiger partial charge in [0.15, 0.2) is 0 Å². The van der Waals surface area contributed by atoms with Crippen LogP contribution in [-0.2, 0) is 9.53 Å². The Bertz CT molecular complexity index is 280. The zero-order valence-electron chi connectivity index (χ0n) is 12.6. The molecule has 0 radical (unpaired) electrons. The van der Waals surface area contributed by atoms with Crippen molar-refractivity contribution >= 4 is 5.91 Å². The van der Waals surface area contributed by atoms with Gasteiger partial charge < -0.3 is 20.7 Å². The number of likely N-dealkylation sites (N-methyl/N-ethyl adjacent to an activating group) is 1. The van der Waals surface area contributed by atoms with Gasteiger partial charge in [0, 0.05) is 12.6 Å². The smallest absolute Gasteiger partial charge is 0.237 e. The summed E-state index contributed by atoms with van der Waals surface area (Å²) in [4.78, 5) is 13.9. The van der Waals surface area contributed by atoms with E-state index in [1.165, 1.54) is 0 Å². The molecule has 5 nitrogen and oxygen atoms in total. The molecular formula is C14H29N3O2. The highest BCUT2D eigenvalue weighted by molar-refractivity contribution is 5.84. The SMILES string of the molecule is CCCNC(C)(CCCN(C)C1CCOC1)C(N)=O. The summed E-state index contributed by atoms with van der Waals surface area (Å²) in [5.41, 5.74) is 4.94. The fourth-order valence-corrected chi connectivity index (χ4v) is 2.43. The number of nitrogens with zero attached hydrogens (tertiary/aromatic N) is 1. The molecule has 0 spiro atoms. The third-order valence-electron chi connectivity index (χ3n) is 4.03. The van der Waals surface area contributed by atoms with E-state index in [9.17, 15) is 4.79 Å². The van der Waals surface area contributed by atoms with Crippen LogP contribution < -0.4 is 11.1 Å². The first kappa shape index (κ1) is 16.4. The molecule has 1 aliphatic rings. The summed E-state index contributed by atoms with van der Waals surface area (Å²) in [6, 6.07) is 0.531. The van der Waals surface area contributed by atoms with Crippen LogP contribution >= 0.6 is 0 Å². The lowest BCUT2D eigenvalue weighted by Crippen LogP contribution is -2.53. The lowest BCUT2D eigenvalue weighted by atomic mass is 9.94. The third kappa shape index (κ3) is 5.09. The van der Waals surface area contributed by atoms with Gasteiger partial charge >= 0.3 is 0 Å². The predicted molar refractivity (Wildman–Crippen MR) is 77.0 cm³/mol. The molecule has 1 heterocycles. The van der Waals surface area contributed by atoms with E-state index in [4.69, 9.17) is 10.5 Å². The Hall–Kier alpha value is -0.650. The van der Waals surface area contributed by atoms with Gasteiger partial charge in [-0.3, -0.25) is 4.79 Å². The van der Waals surface area contributed by atoms with Crippen molar-refractivity contribution in [2.45, 2.75) is 51.1 Å². The first-order chi connectivity index (χ1) is 8.99. The molecule has 1 saturated heterocycles. The second-order valence-electron chi connectivity index (χ2n) is 5.72. The number of nitrogens with one attached hydrogen (secondary N) is 1. The van der Waals surface area contributed by atoms with Gasteiger partial charge in [0.1, 0.15) is 0 Å². The Kier molecular flexibility index (Phi) is 6.75. The summed E-state index contributed by atoms with van der Waals surface area (Å²) < 4.78 is 5.39. The van der Waals surface area contributed by atoms with E-state index >= 15 is 0 Å². The normalized spacial score (nSPS) is 22.6. The van der Waals surface area contributed by atoms with Crippen molar-refractivity contribution in [3.8, 4) is 0 Å². The van der Waals surface area contributed by atoms with E-state index in [1.807, 2.05) is 6.92 Å². The maximum absolute atomic E-state index is 11.6. The molecule has 19 heavy (non-hydrogen) atoms. The van der Waals surface area contributed by atoms with Crippen LogP contribution in [0.4, 0.5) is 0 Å². The molecule has 112 valence electrons. The number of hydrogen-bond acceptors (Lipinski definition) is 4. The molecule has 0 saturated carbocycles. The Morgan fingerprint density at radius 3 is 2.84 bits per heavy atom. The van der Waals surface area contributed by atoms with E-state index in [1.54, 1.807) is 0 Å². The molecule has 0 aromatic carbocycles. The molecule has 0 aromatic rings. The minimum Gasteiger partial charge on any atom is -0.380 e. The molecule has 2 atom stereocenters. The molecule has 1 amide bonds. The van der Waals surface area contributed by atoms with Crippen LogP contribution in [0.5, 0.6) is 0 Å². The summed E-state index contributed by atoms with van der Waals surface area (Å²) in [7, 11) is 2.13. The predicted octanol–water partition coefficient (Wildman–Crippen LogP) is 0.731. The number of amides is 1. The molecule has 1 rings (SSSR count). The average molecular weight is 271 g/mol. The highest BCUT2D eigenvalue weighted by Crippen LogP contribution is 2.15. The number of hydrogen-bond donors (Lipinski definition) is 2. The van der Waals surface area contributed by atoms with Crippen molar-refractivity contribution in [1.82, 2.24) is 10.2 Å². The van der Waals surface area contributed by atoms with Crippen LogP contribution in [-0.4, -0.2) is 55.7 Å². The molecule has 3 N–H and O–H groups in total. The minimum absolute atomic E-state index is 0.257. The van der Waals surface area contributed by atoms with E-state index in [0.717, 1.165) is 52.0 Å². The van der Waals surface area contributed by atoms with E-state index in [-0.39, 0.29) is 5.91 Å². The molecule has 2 unspecified atom stereocenters. The van der Waals surface area contributed by atoms with E-state index in [2.05, 4.69) is 24.2 Å². The lowest BCUT2D eigenvalue weighted by Gasteiger charge is -2.29. The van der Waals surface area contributed by atoms with Crippen LogP contribution in [0.3, 0.4) is 0 Å². The minimum atomic E-state index is -0.580. The molecule has 0 aliphatic carbocycles. The van der Waals surface area contributed by atoms with Gasteiger partial charge in [0.25, 0.3) is 0 Å². The van der Waals surface area contributed by atoms with Gasteiger partial charge in [-0.25, -0.2) is 0 Å². The Morgan fingerprint density at radius 1 is 1.58 bits per heavy atom. The lowest BCUT2D eigenvalue weighted by molar-refractivity contribution is -0.124. The van der Waals surface area contributed by atoms with Crippen molar-refractivity contribution in [1.29, 1.82) is 0 Å². The van der Waals surface area contributed by atoms with Gasteiger partial charge in [-0.05, 0) is 52.7 Å². The summed E-state index contributed by atoms with van der Waals surface area (Å²) in [6.45, 7) is 7.49. The van der Waals surface area contributed by atoms with Crippen LogP contribution in [0.1, 0.15) is 39.5 Å². The number of rotatable bonds is 9. The van der Waals surface area contributed by atoms with Gasteiger partial charge in [-0.2, -0.15) is 0 Å². The van der Waals surface area contributed by atoms with Crippen LogP contribution in [0, 0.1) is 0 Å². The van der Waals surface area contributed by atoms with Crippen molar-refractivity contribution in [2.75, 3.05) is 33.4 Å². The van der Waals surface area contributed by atoms with Crippen molar-refractivity contribution < 1.29 is 9.53 Å². The Labute approximate surface area is 116 Å². The van der Waals surface area contributed by atoms with Gasteiger partial charge in [-0.15, -0.1) is 0 Å². The van der Waals surface area contributed by atoms with Gasteiger partial charge in [0.2, 0.25) is 5.91 Å². The van der Waals surface area contributed by atoms with Crippen LogP contribution in [0.2, 0.25) is 0 Å². The number of primary amides is 1. The summed E-state index contributed by atoms with van der Waals surface area (Å²) in [6.07, 6.45) is 3.85. The number of nitrogens with two attached hydrogens (primary N) is 1. The monoisotopic (exact) mass is 271 g/mol. The van der Waals surface area contributed by atoms with E-state index < -0.39 is 5.54 Å². The van der Waals surface area contributed by atoms with Crippen LogP contribution in [0.15, 0.2) is 0 Å². The first-order valence-corrected chi connectivity index (χ1v) is 7.32. The molecular weight excluding hydrogens is 242 g/mol. The van der Waals surface area contributed by atoms with E-state index in [0.29, 0.717) is 6.04 Å². The van der Waals surface area contributed by atoms with Crippen molar-refractivity contribution in [2.24, 2.45) is 5.73 Å². The average Bonchev–Trinajstić information content (AvgIpc) is 2.90. The summed E-state index contributed by atoms with van der Waals surface area (Å²) >= 11 is 0. The third-order valence-corrected chi connectivity index (χ3v) is 4.03. The molecule has 5 heteroatoms. The molecule has 0 bridgehead atoms. The van der Waals surface area contributed by atoms with Crippen LogP contribution in [0.25, 0.3) is 0 Å². The molecule has 0 aromatic heterocycles. The number of carbonyl (C=O) groups is 1. The highest BCUT2D eigenvalue weighted by atomic mass is 16.5. The maximum atomic E-state index is 11.6. The van der Waals surface area contributed by atoms with Crippen molar-refractivity contribution in [3.63, 3.8) is 0 Å². The Balaban J connectivity index is 2.32. The quantitative estimate of drug-likeness (QED) is 0.649. The number of carbonyl (C=O) groups excluding carboxylic acids is 1. The second-order valence-corrected chi connectivity index (χ2v) is 5.72. The van der Waals surface area contributed by atoms with Crippen molar-refractivity contribution in [3.05, 3.63) is 0 Å².